The monoisotopic (exact) mass is 530 g/mol. The predicted octanol–water partition coefficient (Wildman–Crippen LogP) is 3.31. The number of hydrogen-bond acceptors (Lipinski definition) is 6. The van der Waals surface area contributed by atoms with Crippen LogP contribution in [-0.4, -0.2) is 52.1 Å². The third-order valence-corrected chi connectivity index (χ3v) is 5.81. The topological polar surface area (TPSA) is 67.4 Å². The van der Waals surface area contributed by atoms with Gasteiger partial charge in [0.25, 0.3) is 0 Å². The molecule has 1 aromatic carbocycles. The highest BCUT2D eigenvalue weighted by atomic mass is 127. The SMILES string of the molecule is CN=C(NCCOc1ccc2c(c1)OCO2)NC1CCN(c2cccs2)CC1.I. The van der Waals surface area contributed by atoms with Crippen LogP contribution in [-0.2, 0) is 0 Å². The summed E-state index contributed by atoms with van der Waals surface area (Å²) >= 11 is 1.81. The summed E-state index contributed by atoms with van der Waals surface area (Å²) in [5.74, 6) is 3.09. The minimum absolute atomic E-state index is 0. The molecule has 0 amide bonds. The molecule has 1 saturated heterocycles. The van der Waals surface area contributed by atoms with E-state index >= 15 is 0 Å². The van der Waals surface area contributed by atoms with Crippen molar-refractivity contribution in [1.82, 2.24) is 10.6 Å². The first-order valence-corrected chi connectivity index (χ1v) is 10.5. The molecule has 2 aliphatic rings. The van der Waals surface area contributed by atoms with Crippen LogP contribution in [0.1, 0.15) is 12.8 Å². The maximum absolute atomic E-state index is 5.79. The van der Waals surface area contributed by atoms with Gasteiger partial charge in [-0.15, -0.1) is 35.3 Å². The molecule has 158 valence electrons. The van der Waals surface area contributed by atoms with Crippen LogP contribution in [0.4, 0.5) is 5.00 Å². The zero-order valence-electron chi connectivity index (χ0n) is 16.4. The maximum atomic E-state index is 5.79. The molecular weight excluding hydrogens is 503 g/mol. The third kappa shape index (κ3) is 5.81. The first-order chi connectivity index (χ1) is 13.8. The zero-order chi connectivity index (χ0) is 19.2. The minimum Gasteiger partial charge on any atom is -0.492 e. The van der Waals surface area contributed by atoms with Crippen LogP contribution in [0.3, 0.4) is 0 Å². The summed E-state index contributed by atoms with van der Waals surface area (Å²) < 4.78 is 16.5. The second kappa shape index (κ2) is 10.8. The van der Waals surface area contributed by atoms with Crippen molar-refractivity contribution in [3.05, 3.63) is 35.7 Å². The van der Waals surface area contributed by atoms with Gasteiger partial charge in [-0.1, -0.05) is 0 Å². The van der Waals surface area contributed by atoms with E-state index in [0.29, 0.717) is 19.2 Å². The van der Waals surface area contributed by atoms with E-state index in [0.717, 1.165) is 49.1 Å². The fraction of sp³-hybridized carbons (Fsp3) is 0.450. The lowest BCUT2D eigenvalue weighted by Crippen LogP contribution is -2.49. The summed E-state index contributed by atoms with van der Waals surface area (Å²) in [6, 6.07) is 10.4. The van der Waals surface area contributed by atoms with Gasteiger partial charge in [0.1, 0.15) is 12.4 Å². The number of rotatable bonds is 6. The number of guanidine groups is 1. The molecule has 0 bridgehead atoms. The molecule has 0 spiro atoms. The van der Waals surface area contributed by atoms with Gasteiger partial charge in [-0.3, -0.25) is 4.99 Å². The number of fused-ring (bicyclic) bond motifs is 1. The quantitative estimate of drug-likeness (QED) is 0.259. The highest BCUT2D eigenvalue weighted by Crippen LogP contribution is 2.35. The van der Waals surface area contributed by atoms with Crippen molar-refractivity contribution in [2.45, 2.75) is 18.9 Å². The molecule has 0 unspecified atom stereocenters. The average molecular weight is 530 g/mol. The Labute approximate surface area is 192 Å². The predicted molar refractivity (Wildman–Crippen MR) is 128 cm³/mol. The Balaban J connectivity index is 0.00000240. The lowest BCUT2D eigenvalue weighted by molar-refractivity contribution is 0.173. The number of nitrogens with one attached hydrogen (secondary N) is 2. The van der Waals surface area contributed by atoms with Crippen molar-refractivity contribution in [2.24, 2.45) is 4.99 Å². The lowest BCUT2D eigenvalue weighted by Gasteiger charge is -2.33. The van der Waals surface area contributed by atoms with Gasteiger partial charge < -0.3 is 29.7 Å². The van der Waals surface area contributed by atoms with E-state index in [4.69, 9.17) is 14.2 Å². The normalized spacial score (nSPS) is 16.3. The average Bonchev–Trinajstić information content (AvgIpc) is 3.42. The van der Waals surface area contributed by atoms with E-state index in [1.54, 1.807) is 7.05 Å². The van der Waals surface area contributed by atoms with Crippen molar-refractivity contribution >= 4 is 46.3 Å². The van der Waals surface area contributed by atoms with Crippen LogP contribution in [0.2, 0.25) is 0 Å². The van der Waals surface area contributed by atoms with Gasteiger partial charge in [-0.05, 0) is 42.5 Å². The first kappa shape index (κ1) is 21.8. The van der Waals surface area contributed by atoms with Crippen molar-refractivity contribution in [3.63, 3.8) is 0 Å². The van der Waals surface area contributed by atoms with Gasteiger partial charge in [-0.2, -0.15) is 0 Å². The van der Waals surface area contributed by atoms with Crippen LogP contribution in [0.5, 0.6) is 17.2 Å². The van der Waals surface area contributed by atoms with Gasteiger partial charge in [0.15, 0.2) is 17.5 Å². The number of thiophene rings is 1. The van der Waals surface area contributed by atoms with Crippen LogP contribution < -0.4 is 29.7 Å². The molecule has 0 radical (unpaired) electrons. The molecule has 4 rings (SSSR count). The number of piperidine rings is 1. The zero-order valence-corrected chi connectivity index (χ0v) is 19.6. The Morgan fingerprint density at radius 3 is 2.83 bits per heavy atom. The summed E-state index contributed by atoms with van der Waals surface area (Å²) in [4.78, 5) is 6.79. The molecule has 1 fully saturated rings. The van der Waals surface area contributed by atoms with Gasteiger partial charge in [0.05, 0.1) is 11.5 Å². The largest absolute Gasteiger partial charge is 0.492 e. The smallest absolute Gasteiger partial charge is 0.231 e. The van der Waals surface area contributed by atoms with Gasteiger partial charge >= 0.3 is 0 Å². The first-order valence-electron chi connectivity index (χ1n) is 9.60. The molecule has 2 aromatic rings. The Kier molecular flexibility index (Phi) is 8.10. The third-order valence-electron chi connectivity index (χ3n) is 4.88. The number of halogens is 1. The highest BCUT2D eigenvalue weighted by Gasteiger charge is 2.20. The van der Waals surface area contributed by atoms with Crippen LogP contribution in [0.15, 0.2) is 40.7 Å². The summed E-state index contributed by atoms with van der Waals surface area (Å²) in [7, 11) is 1.80. The number of nitrogens with zero attached hydrogens (tertiary/aromatic N) is 2. The van der Waals surface area contributed by atoms with Crippen molar-refractivity contribution in [2.75, 3.05) is 45.0 Å². The standard InChI is InChI=1S/C20H26N4O3S.HI/c1-21-20(23-15-6-9-24(10-7-15)19-3-2-12-28-19)22-8-11-25-16-4-5-17-18(13-16)27-14-26-17;/h2-5,12-13,15H,6-11,14H2,1H3,(H2,21,22,23);1H. The highest BCUT2D eigenvalue weighted by molar-refractivity contribution is 14.0. The van der Waals surface area contributed by atoms with E-state index in [1.807, 2.05) is 29.5 Å². The molecule has 3 heterocycles. The fourth-order valence-corrected chi connectivity index (χ4v) is 4.17. The maximum Gasteiger partial charge on any atom is 0.231 e. The van der Waals surface area contributed by atoms with Gasteiger partial charge in [0, 0.05) is 32.2 Å². The molecule has 0 aliphatic carbocycles. The number of aliphatic imine (C=N–C) groups is 1. The van der Waals surface area contributed by atoms with Crippen LogP contribution in [0.25, 0.3) is 0 Å². The number of hydrogen-bond donors (Lipinski definition) is 2. The minimum atomic E-state index is 0. The van der Waals surface area contributed by atoms with Gasteiger partial charge in [-0.25, -0.2) is 0 Å². The van der Waals surface area contributed by atoms with E-state index in [2.05, 4.69) is 38.0 Å². The molecule has 9 heteroatoms. The summed E-state index contributed by atoms with van der Waals surface area (Å²) in [6.07, 6.45) is 2.21. The van der Waals surface area contributed by atoms with Crippen LogP contribution in [0, 0.1) is 0 Å². The van der Waals surface area contributed by atoms with Crippen molar-refractivity contribution in [3.8, 4) is 17.2 Å². The second-order valence-corrected chi connectivity index (χ2v) is 7.65. The Morgan fingerprint density at radius 2 is 2.07 bits per heavy atom. The number of benzene rings is 1. The van der Waals surface area contributed by atoms with Crippen molar-refractivity contribution in [1.29, 1.82) is 0 Å². The molecule has 29 heavy (non-hydrogen) atoms. The second-order valence-electron chi connectivity index (χ2n) is 6.72. The molecule has 2 aliphatic heterocycles. The molecule has 1 aromatic heterocycles. The summed E-state index contributed by atoms with van der Waals surface area (Å²) in [5, 5.41) is 10.4. The van der Waals surface area contributed by atoms with E-state index in [-0.39, 0.29) is 30.8 Å². The molecule has 0 saturated carbocycles. The molecule has 2 N–H and O–H groups in total. The van der Waals surface area contributed by atoms with Gasteiger partial charge in [0.2, 0.25) is 6.79 Å². The lowest BCUT2D eigenvalue weighted by atomic mass is 10.1. The Morgan fingerprint density at radius 1 is 1.24 bits per heavy atom. The van der Waals surface area contributed by atoms with E-state index < -0.39 is 0 Å². The fourth-order valence-electron chi connectivity index (χ4n) is 3.39. The van der Waals surface area contributed by atoms with Crippen LogP contribution >= 0.6 is 35.3 Å². The van der Waals surface area contributed by atoms with E-state index in [1.165, 1.54) is 5.00 Å². The molecular formula is C20H27IN4O3S. The molecule has 0 atom stereocenters. The number of anilines is 1. The van der Waals surface area contributed by atoms with E-state index in [9.17, 15) is 0 Å². The summed E-state index contributed by atoms with van der Waals surface area (Å²) in [5.41, 5.74) is 0. The Hall–Kier alpha value is -1.88. The number of ether oxygens (including phenoxy) is 3. The molecule has 7 nitrogen and oxygen atoms in total. The summed E-state index contributed by atoms with van der Waals surface area (Å²) in [6.45, 7) is 3.62. The Bertz CT molecular complexity index is 795. The van der Waals surface area contributed by atoms with Crippen molar-refractivity contribution < 1.29 is 14.2 Å².